The smallest absolute Gasteiger partial charge is 0.309 e. The van der Waals surface area contributed by atoms with Gasteiger partial charge in [0, 0.05) is 12.5 Å². The number of phenols is 1. The van der Waals surface area contributed by atoms with Crippen LogP contribution in [0.4, 0.5) is 0 Å². The van der Waals surface area contributed by atoms with Gasteiger partial charge in [-0.3, -0.25) is 9.59 Å². The number of ether oxygens (including phenoxy) is 2. The second kappa shape index (κ2) is 6.81. The molecule has 0 spiro atoms. The monoisotopic (exact) mass is 306 g/mol. The molecule has 0 amide bonds. The van der Waals surface area contributed by atoms with Crippen LogP contribution in [0.15, 0.2) is 18.2 Å². The molecule has 0 aliphatic heterocycles. The molecule has 1 aliphatic rings. The van der Waals surface area contributed by atoms with Crippen molar-refractivity contribution in [2.75, 3.05) is 7.11 Å². The van der Waals surface area contributed by atoms with E-state index >= 15 is 0 Å². The van der Waals surface area contributed by atoms with Gasteiger partial charge in [-0.2, -0.15) is 0 Å². The lowest BCUT2D eigenvalue weighted by Crippen LogP contribution is -2.22. The number of carbonyl (C=O) groups is 2. The van der Waals surface area contributed by atoms with Crippen molar-refractivity contribution in [3.05, 3.63) is 29.3 Å². The molecule has 5 heteroatoms. The molecule has 1 aliphatic carbocycles. The summed E-state index contributed by atoms with van der Waals surface area (Å²) in [6.45, 7) is 3.22. The number of carbonyl (C=O) groups excluding carboxylic acids is 2. The minimum Gasteiger partial charge on any atom is -0.508 e. The largest absolute Gasteiger partial charge is 0.508 e. The lowest BCUT2D eigenvalue weighted by molar-refractivity contribution is -0.146. The summed E-state index contributed by atoms with van der Waals surface area (Å²) in [4.78, 5) is 22.8. The first-order valence-electron chi connectivity index (χ1n) is 7.47. The predicted molar refractivity (Wildman–Crippen MR) is 80.2 cm³/mol. The summed E-state index contributed by atoms with van der Waals surface area (Å²) < 4.78 is 9.83. The maximum atomic E-state index is 11.9. The highest BCUT2D eigenvalue weighted by Crippen LogP contribution is 2.47. The third-order valence-corrected chi connectivity index (χ3v) is 4.16. The molecule has 2 atom stereocenters. The number of esters is 2. The van der Waals surface area contributed by atoms with E-state index in [1.807, 2.05) is 19.1 Å². The van der Waals surface area contributed by atoms with Gasteiger partial charge in [-0.05, 0) is 42.4 Å². The SMILES string of the molecule is COC(=O)[C@@H](C)[C@H](c1ccc(O)c(COC(C)=O)c1)C1CC1. The molecule has 0 heterocycles. The Balaban J connectivity index is 2.26. The highest BCUT2D eigenvalue weighted by molar-refractivity contribution is 5.73. The first-order chi connectivity index (χ1) is 10.4. The van der Waals surface area contributed by atoms with Crippen molar-refractivity contribution in [1.29, 1.82) is 0 Å². The summed E-state index contributed by atoms with van der Waals surface area (Å²) in [6, 6.07) is 5.24. The van der Waals surface area contributed by atoms with E-state index in [0.717, 1.165) is 18.4 Å². The van der Waals surface area contributed by atoms with Crippen LogP contribution < -0.4 is 0 Å². The minimum absolute atomic E-state index is 0.0268. The van der Waals surface area contributed by atoms with Crippen molar-refractivity contribution >= 4 is 11.9 Å². The molecular weight excluding hydrogens is 284 g/mol. The van der Waals surface area contributed by atoms with Crippen LogP contribution >= 0.6 is 0 Å². The van der Waals surface area contributed by atoms with Crippen LogP contribution in [0.3, 0.4) is 0 Å². The Labute approximate surface area is 130 Å². The number of benzene rings is 1. The Morgan fingerprint density at radius 1 is 1.36 bits per heavy atom. The molecule has 0 aromatic heterocycles. The zero-order valence-electron chi connectivity index (χ0n) is 13.2. The Hall–Kier alpha value is -2.04. The van der Waals surface area contributed by atoms with Gasteiger partial charge in [-0.25, -0.2) is 0 Å². The molecule has 2 rings (SSSR count). The summed E-state index contributed by atoms with van der Waals surface area (Å²) in [5.74, 6) is -0.267. The van der Waals surface area contributed by atoms with Gasteiger partial charge in [-0.1, -0.05) is 13.0 Å². The van der Waals surface area contributed by atoms with E-state index in [9.17, 15) is 14.7 Å². The molecule has 1 N–H and O–H groups in total. The van der Waals surface area contributed by atoms with E-state index in [0.29, 0.717) is 11.5 Å². The van der Waals surface area contributed by atoms with Crippen LogP contribution in [-0.2, 0) is 25.7 Å². The fourth-order valence-corrected chi connectivity index (χ4v) is 2.86. The minimum atomic E-state index is -0.397. The normalized spacial score (nSPS) is 16.7. The molecule has 0 bridgehead atoms. The fraction of sp³-hybridized carbons (Fsp3) is 0.529. The molecule has 120 valence electrons. The van der Waals surface area contributed by atoms with Crippen molar-refractivity contribution in [3.63, 3.8) is 0 Å². The average Bonchev–Trinajstić information content (AvgIpc) is 3.31. The first kappa shape index (κ1) is 16.3. The third kappa shape index (κ3) is 3.78. The number of hydrogen-bond acceptors (Lipinski definition) is 5. The Morgan fingerprint density at radius 2 is 2.05 bits per heavy atom. The second-order valence-corrected chi connectivity index (χ2v) is 5.84. The first-order valence-corrected chi connectivity index (χ1v) is 7.47. The summed E-state index contributed by atoms with van der Waals surface area (Å²) >= 11 is 0. The molecule has 1 aromatic carbocycles. The van der Waals surface area contributed by atoms with Crippen LogP contribution in [0.1, 0.15) is 43.7 Å². The summed E-state index contributed by atoms with van der Waals surface area (Å²) in [7, 11) is 1.39. The number of rotatable bonds is 6. The predicted octanol–water partition coefficient (Wildman–Crippen LogP) is 2.76. The summed E-state index contributed by atoms with van der Waals surface area (Å²) in [5.41, 5.74) is 1.52. The Kier molecular flexibility index (Phi) is 5.06. The van der Waals surface area contributed by atoms with Crippen LogP contribution in [0.2, 0.25) is 0 Å². The molecular formula is C17H22O5. The van der Waals surface area contributed by atoms with Gasteiger partial charge in [0.25, 0.3) is 0 Å². The summed E-state index contributed by atoms with van der Waals surface area (Å²) in [5, 5.41) is 9.89. The van der Waals surface area contributed by atoms with Crippen molar-refractivity contribution in [2.45, 2.75) is 39.2 Å². The molecule has 0 radical (unpaired) electrons. The number of phenolic OH excluding ortho intramolecular Hbond substituents is 1. The maximum absolute atomic E-state index is 11.9. The van der Waals surface area contributed by atoms with Crippen LogP contribution in [0.5, 0.6) is 5.75 Å². The molecule has 1 fully saturated rings. The Morgan fingerprint density at radius 3 is 2.59 bits per heavy atom. The van der Waals surface area contributed by atoms with E-state index in [4.69, 9.17) is 9.47 Å². The second-order valence-electron chi connectivity index (χ2n) is 5.84. The zero-order valence-corrected chi connectivity index (χ0v) is 13.2. The number of hydrogen-bond donors (Lipinski definition) is 1. The molecule has 0 saturated heterocycles. The van der Waals surface area contributed by atoms with Gasteiger partial charge >= 0.3 is 11.9 Å². The zero-order chi connectivity index (χ0) is 16.3. The molecule has 0 unspecified atom stereocenters. The highest BCUT2D eigenvalue weighted by atomic mass is 16.5. The fourth-order valence-electron chi connectivity index (χ4n) is 2.86. The van der Waals surface area contributed by atoms with Gasteiger partial charge in [0.2, 0.25) is 0 Å². The van der Waals surface area contributed by atoms with E-state index < -0.39 is 5.97 Å². The summed E-state index contributed by atoms with van der Waals surface area (Å²) in [6.07, 6.45) is 2.18. The topological polar surface area (TPSA) is 72.8 Å². The Bertz CT molecular complexity index is 562. The van der Waals surface area contributed by atoms with E-state index in [1.165, 1.54) is 14.0 Å². The lowest BCUT2D eigenvalue weighted by atomic mass is 9.82. The quantitative estimate of drug-likeness (QED) is 0.818. The van der Waals surface area contributed by atoms with Gasteiger partial charge in [0.05, 0.1) is 13.0 Å². The van der Waals surface area contributed by atoms with Crippen molar-refractivity contribution in [1.82, 2.24) is 0 Å². The van der Waals surface area contributed by atoms with Gasteiger partial charge in [0.1, 0.15) is 12.4 Å². The molecule has 1 saturated carbocycles. The van der Waals surface area contributed by atoms with Crippen molar-refractivity contribution in [3.8, 4) is 5.75 Å². The van der Waals surface area contributed by atoms with E-state index in [1.54, 1.807) is 6.07 Å². The lowest BCUT2D eigenvalue weighted by Gasteiger charge is -2.23. The number of methoxy groups -OCH3 is 1. The molecule has 5 nitrogen and oxygen atoms in total. The van der Waals surface area contributed by atoms with Gasteiger partial charge in [0.15, 0.2) is 0 Å². The van der Waals surface area contributed by atoms with Crippen molar-refractivity contribution < 1.29 is 24.2 Å². The average molecular weight is 306 g/mol. The van der Waals surface area contributed by atoms with E-state index in [-0.39, 0.29) is 30.2 Å². The van der Waals surface area contributed by atoms with E-state index in [2.05, 4.69) is 0 Å². The van der Waals surface area contributed by atoms with Crippen molar-refractivity contribution in [2.24, 2.45) is 11.8 Å². The van der Waals surface area contributed by atoms with Gasteiger partial charge in [-0.15, -0.1) is 0 Å². The van der Waals surface area contributed by atoms with Crippen LogP contribution in [-0.4, -0.2) is 24.2 Å². The highest BCUT2D eigenvalue weighted by Gasteiger charge is 2.39. The maximum Gasteiger partial charge on any atom is 0.309 e. The molecule has 1 aromatic rings. The van der Waals surface area contributed by atoms with Gasteiger partial charge < -0.3 is 14.6 Å². The number of aromatic hydroxyl groups is 1. The molecule has 22 heavy (non-hydrogen) atoms. The van der Waals surface area contributed by atoms with Crippen LogP contribution in [0.25, 0.3) is 0 Å². The third-order valence-electron chi connectivity index (χ3n) is 4.16. The standard InChI is InChI=1S/C17H22O5/c1-10(17(20)21-3)16(12-4-5-12)13-6-7-15(19)14(8-13)9-22-11(2)18/h6-8,10,12,16,19H,4-5,9H2,1-3H3/t10-,16-/m0/s1. The van der Waals surface area contributed by atoms with Crippen LogP contribution in [0, 0.1) is 11.8 Å².